The highest BCUT2D eigenvalue weighted by Gasteiger charge is 2.25. The van der Waals surface area contributed by atoms with Crippen LogP contribution in [0.1, 0.15) is 17.5 Å². The lowest BCUT2D eigenvalue weighted by atomic mass is 10.1. The quantitative estimate of drug-likeness (QED) is 0.473. The average Bonchev–Trinajstić information content (AvgIpc) is 2.76. The Balaban J connectivity index is 1.86. The Morgan fingerprint density at radius 3 is 2.17 bits per heavy atom. The maximum atomic E-state index is 12.3. The van der Waals surface area contributed by atoms with E-state index in [4.69, 9.17) is 4.74 Å². The van der Waals surface area contributed by atoms with E-state index in [0.717, 1.165) is 11.1 Å². The summed E-state index contributed by atoms with van der Waals surface area (Å²) in [4.78, 5) is 35.6. The van der Waals surface area contributed by atoms with Gasteiger partial charge in [0.05, 0.1) is 6.61 Å². The van der Waals surface area contributed by atoms with E-state index in [1.165, 1.54) is 0 Å². The van der Waals surface area contributed by atoms with E-state index in [1.807, 2.05) is 36.4 Å². The van der Waals surface area contributed by atoms with Crippen LogP contribution in [-0.2, 0) is 20.9 Å². The van der Waals surface area contributed by atoms with E-state index in [1.54, 1.807) is 36.4 Å². The molecule has 0 aliphatic carbocycles. The molecule has 30 heavy (non-hydrogen) atoms. The number of carbonyl (C=O) groups excluding carboxylic acids is 2. The number of benzene rings is 2. The van der Waals surface area contributed by atoms with E-state index in [9.17, 15) is 24.6 Å². The van der Waals surface area contributed by atoms with Crippen LogP contribution in [0.5, 0.6) is 0 Å². The van der Waals surface area contributed by atoms with Gasteiger partial charge in [0.1, 0.15) is 18.7 Å². The van der Waals surface area contributed by atoms with Crippen molar-refractivity contribution in [3.05, 3.63) is 77.9 Å². The van der Waals surface area contributed by atoms with Gasteiger partial charge >= 0.3 is 12.1 Å². The van der Waals surface area contributed by atoms with Gasteiger partial charge in [0, 0.05) is 0 Å². The van der Waals surface area contributed by atoms with Gasteiger partial charge in [0.15, 0.2) is 0 Å². The number of carboxylic acids is 1. The second kappa shape index (κ2) is 12.0. The lowest BCUT2D eigenvalue weighted by molar-refractivity contribution is -0.142. The van der Waals surface area contributed by atoms with Gasteiger partial charge in [0.25, 0.3) is 0 Å². The predicted molar refractivity (Wildman–Crippen MR) is 110 cm³/mol. The molecule has 2 aromatic carbocycles. The maximum absolute atomic E-state index is 12.3. The lowest BCUT2D eigenvalue weighted by Crippen LogP contribution is -2.53. The summed E-state index contributed by atoms with van der Waals surface area (Å²) in [5, 5.41) is 23.3. The van der Waals surface area contributed by atoms with E-state index < -0.39 is 36.7 Å². The number of nitrogens with one attached hydrogen (secondary N) is 2. The molecule has 0 saturated carbocycles. The Labute approximate surface area is 174 Å². The fraction of sp³-hybridized carbons (Fsp3) is 0.227. The Bertz CT molecular complexity index is 854. The Morgan fingerprint density at radius 2 is 1.57 bits per heavy atom. The zero-order valence-corrected chi connectivity index (χ0v) is 16.2. The summed E-state index contributed by atoms with van der Waals surface area (Å²) in [6.45, 7) is -0.715. The highest BCUT2D eigenvalue weighted by Crippen LogP contribution is 2.04. The normalized spacial score (nSPS) is 12.7. The third-order valence-electron chi connectivity index (χ3n) is 4.10. The number of carboxylic acid groups (broad SMARTS) is 1. The molecule has 0 aromatic heterocycles. The summed E-state index contributed by atoms with van der Waals surface area (Å²) < 4.78 is 5.01. The van der Waals surface area contributed by atoms with Crippen molar-refractivity contribution >= 4 is 24.0 Å². The van der Waals surface area contributed by atoms with Crippen LogP contribution in [0, 0.1) is 0 Å². The van der Waals surface area contributed by atoms with E-state index >= 15 is 0 Å². The summed E-state index contributed by atoms with van der Waals surface area (Å²) >= 11 is 0. The molecule has 2 amide bonds. The van der Waals surface area contributed by atoms with Crippen LogP contribution in [0.4, 0.5) is 4.79 Å². The maximum Gasteiger partial charge on any atom is 0.408 e. The van der Waals surface area contributed by atoms with Crippen molar-refractivity contribution in [2.75, 3.05) is 6.61 Å². The van der Waals surface area contributed by atoms with Crippen molar-refractivity contribution in [3.63, 3.8) is 0 Å². The van der Waals surface area contributed by atoms with Crippen LogP contribution in [0.25, 0.3) is 6.08 Å². The first-order valence-corrected chi connectivity index (χ1v) is 9.32. The molecule has 0 bridgehead atoms. The van der Waals surface area contributed by atoms with E-state index in [2.05, 4.69) is 10.6 Å². The number of aliphatic carboxylic acids is 1. The van der Waals surface area contributed by atoms with Gasteiger partial charge < -0.3 is 25.6 Å². The standard InChI is InChI=1S/C22H24N2O6/c25-14-19(24-22(29)30-15-17-10-5-2-6-11-17)20(26)23-18(21(27)28)13-7-12-16-8-3-1-4-9-16/h1-12,18-19,25H,13-15H2,(H,23,26)(H,24,29)(H,27,28)/b12-7+/t18-,19-/m0/s1. The van der Waals surface area contributed by atoms with Crippen molar-refractivity contribution < 1.29 is 29.3 Å². The van der Waals surface area contributed by atoms with Gasteiger partial charge in [-0.1, -0.05) is 72.8 Å². The molecule has 4 N–H and O–H groups in total. The number of hydrogen-bond donors (Lipinski definition) is 4. The van der Waals surface area contributed by atoms with E-state index in [0.29, 0.717) is 0 Å². The Hall–Kier alpha value is -3.65. The van der Waals surface area contributed by atoms with Crippen molar-refractivity contribution in [3.8, 4) is 0 Å². The number of ether oxygens (including phenoxy) is 1. The van der Waals surface area contributed by atoms with Gasteiger partial charge in [-0.25, -0.2) is 9.59 Å². The lowest BCUT2D eigenvalue weighted by Gasteiger charge is -2.19. The number of carbonyl (C=O) groups is 3. The Kier molecular flexibility index (Phi) is 9.08. The number of alkyl carbamates (subject to hydrolysis) is 1. The highest BCUT2D eigenvalue weighted by atomic mass is 16.5. The molecule has 0 aliphatic heterocycles. The van der Waals surface area contributed by atoms with Gasteiger partial charge in [-0.15, -0.1) is 0 Å². The summed E-state index contributed by atoms with van der Waals surface area (Å²) in [6, 6.07) is 15.7. The zero-order chi connectivity index (χ0) is 21.8. The second-order valence-electron chi connectivity index (χ2n) is 6.39. The van der Waals surface area contributed by atoms with Gasteiger partial charge in [-0.05, 0) is 17.5 Å². The number of aliphatic hydroxyl groups excluding tert-OH is 1. The first-order chi connectivity index (χ1) is 14.5. The smallest absolute Gasteiger partial charge is 0.408 e. The fourth-order valence-electron chi connectivity index (χ4n) is 2.50. The first kappa shape index (κ1) is 22.6. The van der Waals surface area contributed by atoms with Crippen molar-refractivity contribution in [2.45, 2.75) is 25.1 Å². The predicted octanol–water partition coefficient (Wildman–Crippen LogP) is 1.95. The molecule has 8 heteroatoms. The SMILES string of the molecule is O=C(N[C@@H](CO)C(=O)N[C@@H](C/C=C/c1ccccc1)C(=O)O)OCc1ccccc1. The number of aliphatic hydroxyl groups is 1. The largest absolute Gasteiger partial charge is 0.480 e. The van der Waals surface area contributed by atoms with Crippen LogP contribution in [0.3, 0.4) is 0 Å². The minimum absolute atomic E-state index is 0.00548. The highest BCUT2D eigenvalue weighted by molar-refractivity contribution is 5.89. The van der Waals surface area contributed by atoms with Crippen LogP contribution in [0.2, 0.25) is 0 Å². The molecule has 0 fully saturated rings. The zero-order valence-electron chi connectivity index (χ0n) is 16.2. The summed E-state index contributed by atoms with van der Waals surface area (Å²) in [6.07, 6.45) is 2.50. The number of rotatable bonds is 10. The minimum atomic E-state index is -1.34. The molecule has 2 aromatic rings. The molecule has 8 nitrogen and oxygen atoms in total. The third kappa shape index (κ3) is 7.76. The topological polar surface area (TPSA) is 125 Å². The van der Waals surface area contributed by atoms with Gasteiger partial charge in [-0.2, -0.15) is 0 Å². The van der Waals surface area contributed by atoms with Crippen molar-refractivity contribution in [1.29, 1.82) is 0 Å². The summed E-state index contributed by atoms with van der Waals surface area (Å²) in [5.74, 6) is -2.06. The van der Waals surface area contributed by atoms with Gasteiger partial charge in [-0.3, -0.25) is 4.79 Å². The van der Waals surface area contributed by atoms with Crippen LogP contribution < -0.4 is 10.6 Å². The fourth-order valence-corrected chi connectivity index (χ4v) is 2.50. The van der Waals surface area contributed by atoms with E-state index in [-0.39, 0.29) is 13.0 Å². The van der Waals surface area contributed by atoms with Gasteiger partial charge in [0.2, 0.25) is 5.91 Å². The van der Waals surface area contributed by atoms with Crippen LogP contribution >= 0.6 is 0 Å². The molecule has 2 rings (SSSR count). The first-order valence-electron chi connectivity index (χ1n) is 9.32. The average molecular weight is 412 g/mol. The molecule has 0 spiro atoms. The molecule has 0 aliphatic rings. The Morgan fingerprint density at radius 1 is 0.933 bits per heavy atom. The monoisotopic (exact) mass is 412 g/mol. The molecule has 0 heterocycles. The minimum Gasteiger partial charge on any atom is -0.480 e. The van der Waals surface area contributed by atoms with Crippen LogP contribution in [-0.4, -0.2) is 46.9 Å². The molecular weight excluding hydrogens is 388 g/mol. The van der Waals surface area contributed by atoms with Crippen molar-refractivity contribution in [1.82, 2.24) is 10.6 Å². The third-order valence-corrected chi connectivity index (χ3v) is 4.10. The molecule has 158 valence electrons. The summed E-state index contributed by atoms with van der Waals surface area (Å²) in [7, 11) is 0. The van der Waals surface area contributed by atoms with Crippen LogP contribution in [0.15, 0.2) is 66.7 Å². The summed E-state index contributed by atoms with van der Waals surface area (Å²) in [5.41, 5.74) is 1.65. The van der Waals surface area contributed by atoms with Crippen molar-refractivity contribution in [2.24, 2.45) is 0 Å². The number of amides is 2. The molecular formula is C22H24N2O6. The second-order valence-corrected chi connectivity index (χ2v) is 6.39. The number of hydrogen-bond acceptors (Lipinski definition) is 5. The molecule has 2 atom stereocenters. The molecule has 0 unspecified atom stereocenters. The molecule has 0 saturated heterocycles. The molecule has 0 radical (unpaired) electrons.